The van der Waals surface area contributed by atoms with Gasteiger partial charge in [0.25, 0.3) is 0 Å². The zero-order valence-corrected chi connectivity index (χ0v) is 10.4. The Kier molecular flexibility index (Phi) is 3.11. The molecule has 1 amide bonds. The second-order valence-corrected chi connectivity index (χ2v) is 5.92. The summed E-state index contributed by atoms with van der Waals surface area (Å²) >= 11 is 5.87. The maximum Gasteiger partial charge on any atom is 0.238 e. The van der Waals surface area contributed by atoms with Crippen LogP contribution < -0.4 is 10.5 Å². The summed E-state index contributed by atoms with van der Waals surface area (Å²) in [6, 6.07) is 3.96. The third-order valence-corrected chi connectivity index (χ3v) is 3.70. The van der Waals surface area contributed by atoms with Crippen LogP contribution >= 0.6 is 11.6 Å². The van der Waals surface area contributed by atoms with Crippen LogP contribution in [0.3, 0.4) is 0 Å². The quantitative estimate of drug-likeness (QED) is 0.871. The summed E-state index contributed by atoms with van der Waals surface area (Å²) in [5, 5.41) is 7.76. The van der Waals surface area contributed by atoms with E-state index in [9.17, 15) is 13.2 Å². The average molecular weight is 275 g/mol. The van der Waals surface area contributed by atoms with E-state index in [1.54, 1.807) is 0 Å². The van der Waals surface area contributed by atoms with E-state index in [4.69, 9.17) is 16.7 Å². The van der Waals surface area contributed by atoms with E-state index in [0.717, 1.165) is 12.8 Å². The molecule has 7 heteroatoms. The second-order valence-electron chi connectivity index (χ2n) is 3.95. The lowest BCUT2D eigenvalue weighted by molar-refractivity contribution is -0.117. The molecular weight excluding hydrogens is 264 g/mol. The molecular formula is C10H11ClN2O3S. The van der Waals surface area contributed by atoms with Crippen LogP contribution in [0.15, 0.2) is 23.1 Å². The fourth-order valence-electron chi connectivity index (χ4n) is 1.35. The van der Waals surface area contributed by atoms with Crippen LogP contribution in [0.1, 0.15) is 12.8 Å². The number of halogens is 1. The summed E-state index contributed by atoms with van der Waals surface area (Å²) in [6.45, 7) is 0. The molecule has 0 radical (unpaired) electrons. The Bertz CT molecular complexity index is 567. The molecule has 0 bridgehead atoms. The van der Waals surface area contributed by atoms with Crippen LogP contribution in [0.4, 0.5) is 5.69 Å². The van der Waals surface area contributed by atoms with E-state index in [0.29, 0.717) is 5.69 Å². The number of hydrogen-bond donors (Lipinski definition) is 2. The monoisotopic (exact) mass is 274 g/mol. The highest BCUT2D eigenvalue weighted by Gasteiger charge is 2.29. The van der Waals surface area contributed by atoms with E-state index in [1.807, 2.05) is 0 Å². The highest BCUT2D eigenvalue weighted by molar-refractivity contribution is 7.89. The molecule has 1 aromatic carbocycles. The fraction of sp³-hybridized carbons (Fsp3) is 0.300. The smallest absolute Gasteiger partial charge is 0.238 e. The fourth-order valence-corrected chi connectivity index (χ4v) is 2.19. The molecule has 1 aliphatic carbocycles. The van der Waals surface area contributed by atoms with Crippen molar-refractivity contribution in [3.8, 4) is 0 Å². The zero-order valence-electron chi connectivity index (χ0n) is 8.81. The van der Waals surface area contributed by atoms with E-state index >= 15 is 0 Å². The van der Waals surface area contributed by atoms with Crippen molar-refractivity contribution >= 4 is 33.2 Å². The highest BCUT2D eigenvalue weighted by Crippen LogP contribution is 2.32. The summed E-state index contributed by atoms with van der Waals surface area (Å²) in [6.07, 6.45) is 1.78. The zero-order chi connectivity index (χ0) is 12.6. The number of anilines is 1. The van der Waals surface area contributed by atoms with Gasteiger partial charge in [0.15, 0.2) is 0 Å². The van der Waals surface area contributed by atoms with Crippen LogP contribution in [0.2, 0.25) is 5.02 Å². The van der Waals surface area contributed by atoms with Gasteiger partial charge in [-0.15, -0.1) is 0 Å². The van der Waals surface area contributed by atoms with Crippen LogP contribution in [-0.2, 0) is 14.8 Å². The molecule has 0 aliphatic heterocycles. The first-order valence-corrected chi connectivity index (χ1v) is 6.93. The number of carbonyl (C=O) groups is 1. The van der Waals surface area contributed by atoms with E-state index in [2.05, 4.69) is 5.32 Å². The molecule has 0 heterocycles. The first kappa shape index (κ1) is 12.3. The van der Waals surface area contributed by atoms with Gasteiger partial charge in [0, 0.05) is 5.92 Å². The maximum absolute atomic E-state index is 11.5. The van der Waals surface area contributed by atoms with E-state index in [-0.39, 0.29) is 21.7 Å². The normalized spacial score (nSPS) is 15.6. The summed E-state index contributed by atoms with van der Waals surface area (Å²) in [4.78, 5) is 11.4. The van der Waals surface area contributed by atoms with Gasteiger partial charge in [-0.1, -0.05) is 11.6 Å². The first-order valence-electron chi connectivity index (χ1n) is 5.01. The lowest BCUT2D eigenvalue weighted by atomic mass is 10.3. The van der Waals surface area contributed by atoms with Gasteiger partial charge in [0.1, 0.15) is 0 Å². The van der Waals surface area contributed by atoms with Gasteiger partial charge in [-0.3, -0.25) is 4.79 Å². The number of rotatable bonds is 3. The number of nitrogens with one attached hydrogen (secondary N) is 1. The lowest BCUT2D eigenvalue weighted by Gasteiger charge is -2.07. The van der Waals surface area contributed by atoms with Crippen molar-refractivity contribution in [2.45, 2.75) is 17.7 Å². The molecule has 1 fully saturated rings. The molecule has 17 heavy (non-hydrogen) atoms. The van der Waals surface area contributed by atoms with Crippen LogP contribution in [0, 0.1) is 5.92 Å². The van der Waals surface area contributed by atoms with Gasteiger partial charge < -0.3 is 5.32 Å². The van der Waals surface area contributed by atoms with Gasteiger partial charge in [-0.05, 0) is 31.0 Å². The SMILES string of the molecule is NS(=O)(=O)c1ccc(NC(=O)C2CC2)c(Cl)c1. The van der Waals surface area contributed by atoms with Crippen molar-refractivity contribution in [2.24, 2.45) is 11.1 Å². The van der Waals surface area contributed by atoms with Gasteiger partial charge in [-0.2, -0.15) is 0 Å². The molecule has 2 rings (SSSR count). The molecule has 0 aromatic heterocycles. The van der Waals surface area contributed by atoms with Crippen LogP contribution in [-0.4, -0.2) is 14.3 Å². The molecule has 0 saturated heterocycles. The third-order valence-electron chi connectivity index (χ3n) is 2.48. The molecule has 3 N–H and O–H groups in total. The van der Waals surface area contributed by atoms with Gasteiger partial charge in [0.2, 0.25) is 15.9 Å². The highest BCUT2D eigenvalue weighted by atomic mass is 35.5. The van der Waals surface area contributed by atoms with Crippen molar-refractivity contribution in [3.05, 3.63) is 23.2 Å². The topological polar surface area (TPSA) is 89.3 Å². The number of carbonyl (C=O) groups excluding carboxylic acids is 1. The Hall–Kier alpha value is -1.11. The lowest BCUT2D eigenvalue weighted by Crippen LogP contribution is -2.15. The summed E-state index contributed by atoms with van der Waals surface area (Å²) in [5.41, 5.74) is 0.399. The molecule has 1 aliphatic rings. The number of primary sulfonamides is 1. The Balaban J connectivity index is 2.22. The number of amides is 1. The minimum Gasteiger partial charge on any atom is -0.325 e. The largest absolute Gasteiger partial charge is 0.325 e. The minimum absolute atomic E-state index is 0.0592. The van der Waals surface area contributed by atoms with Crippen molar-refractivity contribution in [1.82, 2.24) is 0 Å². The van der Waals surface area contributed by atoms with Crippen molar-refractivity contribution in [1.29, 1.82) is 0 Å². The second kappa shape index (κ2) is 4.29. The predicted octanol–water partition coefficient (Wildman–Crippen LogP) is 1.34. The van der Waals surface area contributed by atoms with Crippen molar-refractivity contribution < 1.29 is 13.2 Å². The van der Waals surface area contributed by atoms with E-state index < -0.39 is 10.0 Å². The molecule has 0 unspecified atom stereocenters. The maximum atomic E-state index is 11.5. The van der Waals surface area contributed by atoms with Crippen LogP contribution in [0.25, 0.3) is 0 Å². The number of nitrogens with two attached hydrogens (primary N) is 1. The first-order chi connectivity index (χ1) is 7.88. The molecule has 92 valence electrons. The van der Waals surface area contributed by atoms with E-state index in [1.165, 1.54) is 18.2 Å². The summed E-state index contributed by atoms with van der Waals surface area (Å²) in [5.74, 6) is -0.0285. The molecule has 1 aromatic rings. The van der Waals surface area contributed by atoms with Crippen molar-refractivity contribution in [2.75, 3.05) is 5.32 Å². The molecule has 5 nitrogen and oxygen atoms in total. The molecule has 0 atom stereocenters. The predicted molar refractivity (Wildman–Crippen MR) is 64.2 cm³/mol. The Morgan fingerprint density at radius 1 is 1.41 bits per heavy atom. The Labute approximate surface area is 104 Å². The summed E-state index contributed by atoms with van der Waals surface area (Å²) < 4.78 is 22.1. The Morgan fingerprint density at radius 2 is 2.06 bits per heavy atom. The minimum atomic E-state index is -3.77. The third kappa shape index (κ3) is 2.96. The van der Waals surface area contributed by atoms with Gasteiger partial charge >= 0.3 is 0 Å². The van der Waals surface area contributed by atoms with Gasteiger partial charge in [-0.25, -0.2) is 13.6 Å². The van der Waals surface area contributed by atoms with Crippen molar-refractivity contribution in [3.63, 3.8) is 0 Å². The van der Waals surface area contributed by atoms with Crippen LogP contribution in [0.5, 0.6) is 0 Å². The standard InChI is InChI=1S/C10H11ClN2O3S/c11-8-5-7(17(12,15)16)3-4-9(8)13-10(14)6-1-2-6/h3-6H,1-2H2,(H,13,14)(H2,12,15,16). The number of hydrogen-bond acceptors (Lipinski definition) is 3. The van der Waals surface area contributed by atoms with Gasteiger partial charge in [0.05, 0.1) is 15.6 Å². The average Bonchev–Trinajstić information content (AvgIpc) is 3.02. The summed E-state index contributed by atoms with van der Waals surface area (Å²) in [7, 11) is -3.77. The molecule has 1 saturated carbocycles. The number of benzene rings is 1. The Morgan fingerprint density at radius 3 is 2.53 bits per heavy atom. The number of sulfonamides is 1. The molecule has 0 spiro atoms.